The third-order valence-electron chi connectivity index (χ3n) is 2.67. The van der Waals surface area contributed by atoms with Crippen LogP contribution in [-0.4, -0.2) is 26.4 Å². The topological polar surface area (TPSA) is 73.8 Å². The van der Waals surface area contributed by atoms with Gasteiger partial charge >= 0.3 is 0 Å². The predicted octanol–water partition coefficient (Wildman–Crippen LogP) is 1.54. The van der Waals surface area contributed by atoms with Gasteiger partial charge in [-0.05, 0) is 26.8 Å². The molecule has 5 nitrogen and oxygen atoms in total. The Morgan fingerprint density at radius 3 is 2.65 bits per heavy atom. The first kappa shape index (κ1) is 11.7. The van der Waals surface area contributed by atoms with Gasteiger partial charge in [-0.3, -0.25) is 4.79 Å². The minimum absolute atomic E-state index is 0.113. The molecule has 2 aromatic heterocycles. The molecule has 2 rings (SSSR count). The summed E-state index contributed by atoms with van der Waals surface area (Å²) in [5.41, 5.74) is 7.60. The fraction of sp³-hybridized carbons (Fsp3) is 0.417. The average molecular weight is 232 g/mol. The fourth-order valence-electron chi connectivity index (χ4n) is 1.69. The van der Waals surface area contributed by atoms with Crippen molar-refractivity contribution < 1.29 is 4.79 Å². The van der Waals surface area contributed by atoms with Crippen molar-refractivity contribution in [2.75, 3.05) is 0 Å². The summed E-state index contributed by atoms with van der Waals surface area (Å²) in [6.45, 7) is 5.78. The van der Waals surface area contributed by atoms with Crippen LogP contribution in [0.25, 0.3) is 11.2 Å². The molecule has 1 unspecified atom stereocenters. The molecule has 0 fully saturated rings. The first-order valence-corrected chi connectivity index (χ1v) is 5.63. The number of carbonyl (C=O) groups is 1. The third kappa shape index (κ3) is 2.06. The molecule has 2 heterocycles. The van der Waals surface area contributed by atoms with Crippen molar-refractivity contribution in [3.63, 3.8) is 0 Å². The number of ketones is 1. The summed E-state index contributed by atoms with van der Waals surface area (Å²) >= 11 is 0. The van der Waals surface area contributed by atoms with Crippen molar-refractivity contribution in [1.82, 2.24) is 14.5 Å². The number of nitrogens with two attached hydrogens (primary N) is 1. The number of aromatic nitrogens is 3. The van der Waals surface area contributed by atoms with E-state index in [-0.39, 0.29) is 5.78 Å². The van der Waals surface area contributed by atoms with Crippen LogP contribution in [0, 0.1) is 0 Å². The lowest BCUT2D eigenvalue weighted by Gasteiger charge is -2.07. The zero-order chi connectivity index (χ0) is 12.6. The van der Waals surface area contributed by atoms with E-state index in [2.05, 4.69) is 23.8 Å². The van der Waals surface area contributed by atoms with E-state index in [0.29, 0.717) is 11.6 Å². The SMILES string of the molecule is CC(N)C(=O)c1cnc2c(c1)ncn2C(C)C. The molecule has 0 spiro atoms. The zero-order valence-corrected chi connectivity index (χ0v) is 10.2. The second-order valence-corrected chi connectivity index (χ2v) is 4.47. The number of Topliss-reactive ketones (excluding diaryl/α,β-unsaturated/α-hetero) is 1. The number of hydrogen-bond donors (Lipinski definition) is 1. The lowest BCUT2D eigenvalue weighted by molar-refractivity contribution is 0.0968. The summed E-state index contributed by atoms with van der Waals surface area (Å²) in [4.78, 5) is 20.3. The standard InChI is InChI=1S/C12H16N4O/c1-7(2)16-6-15-10-4-9(5-14-12(10)16)11(17)8(3)13/h4-8H,13H2,1-3H3. The van der Waals surface area contributed by atoms with Gasteiger partial charge in [-0.2, -0.15) is 0 Å². The molecule has 17 heavy (non-hydrogen) atoms. The van der Waals surface area contributed by atoms with Crippen LogP contribution in [0.3, 0.4) is 0 Å². The average Bonchev–Trinajstić information content (AvgIpc) is 2.70. The van der Waals surface area contributed by atoms with Crippen molar-refractivity contribution in [2.45, 2.75) is 32.9 Å². The van der Waals surface area contributed by atoms with Crippen LogP contribution in [0.1, 0.15) is 37.2 Å². The molecule has 0 aromatic carbocycles. The van der Waals surface area contributed by atoms with Crippen molar-refractivity contribution >= 4 is 16.9 Å². The van der Waals surface area contributed by atoms with Crippen LogP contribution < -0.4 is 5.73 Å². The van der Waals surface area contributed by atoms with Crippen LogP contribution in [0.5, 0.6) is 0 Å². The van der Waals surface area contributed by atoms with E-state index in [1.807, 2.05) is 4.57 Å². The van der Waals surface area contributed by atoms with E-state index in [1.165, 1.54) is 0 Å². The molecule has 1 atom stereocenters. The minimum atomic E-state index is -0.513. The highest BCUT2D eigenvalue weighted by Gasteiger charge is 2.14. The summed E-state index contributed by atoms with van der Waals surface area (Å²) in [5.74, 6) is -0.113. The lowest BCUT2D eigenvalue weighted by Crippen LogP contribution is -2.26. The molecule has 0 radical (unpaired) electrons. The van der Waals surface area contributed by atoms with Crippen molar-refractivity contribution in [1.29, 1.82) is 0 Å². The van der Waals surface area contributed by atoms with Gasteiger partial charge < -0.3 is 10.3 Å². The fourth-order valence-corrected chi connectivity index (χ4v) is 1.69. The first-order valence-electron chi connectivity index (χ1n) is 5.63. The van der Waals surface area contributed by atoms with Crippen LogP contribution >= 0.6 is 0 Å². The highest BCUT2D eigenvalue weighted by atomic mass is 16.1. The van der Waals surface area contributed by atoms with Gasteiger partial charge in [0.15, 0.2) is 11.4 Å². The maximum absolute atomic E-state index is 11.7. The molecule has 0 aliphatic carbocycles. The van der Waals surface area contributed by atoms with E-state index < -0.39 is 6.04 Å². The largest absolute Gasteiger partial charge is 0.321 e. The van der Waals surface area contributed by atoms with Gasteiger partial charge in [0.2, 0.25) is 0 Å². The Hall–Kier alpha value is -1.75. The summed E-state index contributed by atoms with van der Waals surface area (Å²) < 4.78 is 1.97. The third-order valence-corrected chi connectivity index (χ3v) is 2.67. The highest BCUT2D eigenvalue weighted by molar-refractivity contribution is 6.01. The number of hydrogen-bond acceptors (Lipinski definition) is 4. The quantitative estimate of drug-likeness (QED) is 0.815. The first-order chi connectivity index (χ1) is 8.00. The molecular weight excluding hydrogens is 216 g/mol. The molecule has 0 bridgehead atoms. The Morgan fingerprint density at radius 2 is 2.06 bits per heavy atom. The van der Waals surface area contributed by atoms with Gasteiger partial charge in [0, 0.05) is 17.8 Å². The maximum atomic E-state index is 11.7. The molecular formula is C12H16N4O. The van der Waals surface area contributed by atoms with E-state index in [0.717, 1.165) is 11.2 Å². The number of rotatable bonds is 3. The molecule has 0 aliphatic heterocycles. The van der Waals surface area contributed by atoms with Gasteiger partial charge in [-0.25, -0.2) is 9.97 Å². The monoisotopic (exact) mass is 232 g/mol. The smallest absolute Gasteiger partial charge is 0.180 e. The van der Waals surface area contributed by atoms with Gasteiger partial charge in [0.25, 0.3) is 0 Å². The van der Waals surface area contributed by atoms with Gasteiger partial charge in [-0.1, -0.05) is 0 Å². The molecule has 0 aliphatic rings. The van der Waals surface area contributed by atoms with Gasteiger partial charge in [0.05, 0.1) is 12.4 Å². The Kier molecular flexibility index (Phi) is 2.93. The molecule has 2 N–H and O–H groups in total. The van der Waals surface area contributed by atoms with Crippen LogP contribution in [0.2, 0.25) is 0 Å². The Morgan fingerprint density at radius 1 is 1.35 bits per heavy atom. The number of nitrogens with zero attached hydrogens (tertiary/aromatic N) is 3. The van der Waals surface area contributed by atoms with Crippen LogP contribution in [0.15, 0.2) is 18.6 Å². The van der Waals surface area contributed by atoms with Crippen molar-refractivity contribution in [3.05, 3.63) is 24.2 Å². The number of imidazole rings is 1. The second kappa shape index (κ2) is 4.25. The van der Waals surface area contributed by atoms with Crippen molar-refractivity contribution in [3.8, 4) is 0 Å². The summed E-state index contributed by atoms with van der Waals surface area (Å²) in [7, 11) is 0. The highest BCUT2D eigenvalue weighted by Crippen LogP contribution is 2.16. The van der Waals surface area contributed by atoms with E-state index in [1.54, 1.807) is 25.5 Å². The Labute approximate surface area is 99.7 Å². The van der Waals surface area contributed by atoms with Crippen LogP contribution in [-0.2, 0) is 0 Å². The van der Waals surface area contributed by atoms with Gasteiger partial charge in [-0.15, -0.1) is 0 Å². The molecule has 2 aromatic rings. The van der Waals surface area contributed by atoms with E-state index in [9.17, 15) is 4.79 Å². The molecule has 5 heteroatoms. The molecule has 0 saturated heterocycles. The summed E-state index contributed by atoms with van der Waals surface area (Å²) in [6, 6.07) is 1.52. The number of carbonyl (C=O) groups excluding carboxylic acids is 1. The lowest BCUT2D eigenvalue weighted by atomic mass is 10.1. The Bertz CT molecular complexity index is 557. The van der Waals surface area contributed by atoms with E-state index in [4.69, 9.17) is 5.73 Å². The number of fused-ring (bicyclic) bond motifs is 1. The normalized spacial score (nSPS) is 13.2. The van der Waals surface area contributed by atoms with Gasteiger partial charge in [0.1, 0.15) is 5.52 Å². The molecule has 0 saturated carbocycles. The molecule has 0 amide bonds. The summed E-state index contributed by atoms with van der Waals surface area (Å²) in [5, 5.41) is 0. The number of pyridine rings is 1. The maximum Gasteiger partial charge on any atom is 0.180 e. The van der Waals surface area contributed by atoms with Crippen LogP contribution in [0.4, 0.5) is 0 Å². The van der Waals surface area contributed by atoms with Crippen molar-refractivity contribution in [2.24, 2.45) is 5.73 Å². The van der Waals surface area contributed by atoms with E-state index >= 15 is 0 Å². The Balaban J connectivity index is 2.50. The second-order valence-electron chi connectivity index (χ2n) is 4.47. The predicted molar refractivity (Wildman–Crippen MR) is 65.9 cm³/mol. The molecule has 90 valence electrons. The zero-order valence-electron chi connectivity index (χ0n) is 10.2. The summed E-state index contributed by atoms with van der Waals surface area (Å²) in [6.07, 6.45) is 3.30. The minimum Gasteiger partial charge on any atom is -0.321 e.